The van der Waals surface area contributed by atoms with E-state index in [2.05, 4.69) is 0 Å². The van der Waals surface area contributed by atoms with Gasteiger partial charge in [-0.25, -0.2) is 17.9 Å². The van der Waals surface area contributed by atoms with Crippen molar-refractivity contribution in [1.82, 2.24) is 4.31 Å². The number of carboxylic acids is 1. The third-order valence-corrected chi connectivity index (χ3v) is 5.54. The van der Waals surface area contributed by atoms with Gasteiger partial charge in [-0.15, -0.1) is 0 Å². The summed E-state index contributed by atoms with van der Waals surface area (Å²) in [4.78, 5) is 11.8. The summed E-state index contributed by atoms with van der Waals surface area (Å²) in [6.07, 6.45) is 0. The maximum atomic E-state index is 14.1. The maximum absolute atomic E-state index is 14.1. The number of hydrogen-bond donors (Lipinski definition) is 2. The van der Waals surface area contributed by atoms with Gasteiger partial charge in [0.2, 0.25) is 0 Å². The highest BCUT2D eigenvalue weighted by atomic mass is 32.2. The van der Waals surface area contributed by atoms with Gasteiger partial charge in [0.15, 0.2) is 6.61 Å². The zero-order valence-electron chi connectivity index (χ0n) is 17.4. The third-order valence-electron chi connectivity index (χ3n) is 4.49. The van der Waals surface area contributed by atoms with Crippen molar-refractivity contribution in [3.05, 3.63) is 83.4 Å². The summed E-state index contributed by atoms with van der Waals surface area (Å²) >= 11 is 1.34. The standard InChI is InChI=1S/C24H20F2N2O4S/c25-19-2-4-21(5-3-19)33-28(7-8-29)14-16-1-6-23(32-15-24(30)31)22(11-16)18-9-17(13-27)10-20(26)12-18/h1-6,9-12,29H,7-8,14-15H2,(H,30,31). The van der Waals surface area contributed by atoms with Crippen LogP contribution in [0.1, 0.15) is 11.1 Å². The van der Waals surface area contributed by atoms with E-state index in [1.54, 1.807) is 30.3 Å². The monoisotopic (exact) mass is 470 g/mol. The normalized spacial score (nSPS) is 10.8. The minimum Gasteiger partial charge on any atom is -0.481 e. The van der Waals surface area contributed by atoms with Crippen molar-refractivity contribution < 1.29 is 28.5 Å². The van der Waals surface area contributed by atoms with E-state index in [4.69, 9.17) is 9.84 Å². The molecule has 3 aromatic rings. The Morgan fingerprint density at radius 1 is 1.06 bits per heavy atom. The van der Waals surface area contributed by atoms with E-state index in [1.807, 2.05) is 10.4 Å². The van der Waals surface area contributed by atoms with Gasteiger partial charge in [-0.3, -0.25) is 0 Å². The lowest BCUT2D eigenvalue weighted by Gasteiger charge is -2.21. The molecule has 3 rings (SSSR count). The molecule has 0 spiro atoms. The van der Waals surface area contributed by atoms with Gasteiger partial charge in [0.25, 0.3) is 0 Å². The minimum absolute atomic E-state index is 0.101. The molecular formula is C24H20F2N2O4S. The molecule has 0 heterocycles. The van der Waals surface area contributed by atoms with Crippen molar-refractivity contribution in [2.75, 3.05) is 19.8 Å². The minimum atomic E-state index is -1.16. The number of hydrogen-bond acceptors (Lipinski definition) is 6. The Morgan fingerprint density at radius 2 is 1.82 bits per heavy atom. The highest BCUT2D eigenvalue weighted by Gasteiger charge is 2.14. The lowest BCUT2D eigenvalue weighted by atomic mass is 9.99. The largest absolute Gasteiger partial charge is 0.481 e. The van der Waals surface area contributed by atoms with Crippen LogP contribution in [-0.2, 0) is 11.3 Å². The molecule has 2 N–H and O–H groups in total. The average molecular weight is 470 g/mol. The van der Waals surface area contributed by atoms with Gasteiger partial charge in [-0.1, -0.05) is 6.07 Å². The molecule has 0 saturated carbocycles. The molecule has 0 bridgehead atoms. The highest BCUT2D eigenvalue weighted by molar-refractivity contribution is 7.97. The topological polar surface area (TPSA) is 93.8 Å². The molecule has 6 nitrogen and oxygen atoms in total. The first-order valence-corrected chi connectivity index (χ1v) is 10.6. The molecule has 0 aliphatic heterocycles. The fourth-order valence-corrected chi connectivity index (χ4v) is 4.04. The number of rotatable bonds is 10. The van der Waals surface area contributed by atoms with Crippen molar-refractivity contribution in [2.24, 2.45) is 0 Å². The Bertz CT molecular complexity index is 1170. The quantitative estimate of drug-likeness (QED) is 0.422. The second-order valence-corrected chi connectivity index (χ2v) is 8.16. The number of carbonyl (C=O) groups is 1. The van der Waals surface area contributed by atoms with E-state index in [0.29, 0.717) is 24.2 Å². The van der Waals surface area contributed by atoms with Crippen LogP contribution in [0.2, 0.25) is 0 Å². The Kier molecular flexibility index (Phi) is 8.38. The molecule has 170 valence electrons. The van der Waals surface area contributed by atoms with E-state index in [0.717, 1.165) is 16.5 Å². The van der Waals surface area contributed by atoms with Gasteiger partial charge < -0.3 is 14.9 Å². The first kappa shape index (κ1) is 24.2. The summed E-state index contributed by atoms with van der Waals surface area (Å²) < 4.78 is 34.5. The summed E-state index contributed by atoms with van der Waals surface area (Å²) in [6.45, 7) is 0.0164. The molecule has 9 heteroatoms. The van der Waals surface area contributed by atoms with Gasteiger partial charge in [-0.05, 0) is 77.7 Å². The second-order valence-electron chi connectivity index (χ2n) is 6.99. The Morgan fingerprint density at radius 3 is 2.48 bits per heavy atom. The van der Waals surface area contributed by atoms with Crippen molar-refractivity contribution in [3.63, 3.8) is 0 Å². The van der Waals surface area contributed by atoms with E-state index < -0.39 is 18.4 Å². The molecule has 3 aromatic carbocycles. The van der Waals surface area contributed by atoms with Gasteiger partial charge in [0.05, 0.1) is 18.2 Å². The summed E-state index contributed by atoms with van der Waals surface area (Å²) in [7, 11) is 0. The number of aliphatic hydroxyl groups excluding tert-OH is 1. The van der Waals surface area contributed by atoms with Crippen LogP contribution in [0.15, 0.2) is 65.6 Å². The number of nitrogens with zero attached hydrogens (tertiary/aromatic N) is 2. The summed E-state index contributed by atoms with van der Waals surface area (Å²) in [5, 5.41) is 27.6. The van der Waals surface area contributed by atoms with Crippen molar-refractivity contribution in [2.45, 2.75) is 11.4 Å². The molecule has 0 amide bonds. The fraction of sp³-hybridized carbons (Fsp3) is 0.167. The van der Waals surface area contributed by atoms with E-state index in [9.17, 15) is 23.9 Å². The number of halogens is 2. The van der Waals surface area contributed by atoms with E-state index in [-0.39, 0.29) is 23.7 Å². The van der Waals surface area contributed by atoms with Gasteiger partial charge in [-0.2, -0.15) is 5.26 Å². The zero-order chi connectivity index (χ0) is 23.8. The predicted molar refractivity (Wildman–Crippen MR) is 119 cm³/mol. The van der Waals surface area contributed by atoms with Crippen LogP contribution >= 0.6 is 11.9 Å². The number of ether oxygens (including phenoxy) is 1. The van der Waals surface area contributed by atoms with Crippen LogP contribution in [0.25, 0.3) is 11.1 Å². The molecule has 33 heavy (non-hydrogen) atoms. The lowest BCUT2D eigenvalue weighted by Crippen LogP contribution is -2.19. The summed E-state index contributed by atoms with van der Waals surface area (Å²) in [5.41, 5.74) is 1.70. The molecule has 0 aliphatic rings. The number of aliphatic hydroxyl groups is 1. The molecular weight excluding hydrogens is 450 g/mol. The van der Waals surface area contributed by atoms with Crippen LogP contribution in [-0.4, -0.2) is 40.2 Å². The Balaban J connectivity index is 1.93. The zero-order valence-corrected chi connectivity index (χ0v) is 18.2. The van der Waals surface area contributed by atoms with Gasteiger partial charge >= 0.3 is 5.97 Å². The van der Waals surface area contributed by atoms with Crippen LogP contribution in [0, 0.1) is 23.0 Å². The van der Waals surface area contributed by atoms with Crippen LogP contribution in [0.5, 0.6) is 5.75 Å². The average Bonchev–Trinajstić information content (AvgIpc) is 2.79. The van der Waals surface area contributed by atoms with Crippen molar-refractivity contribution in [1.29, 1.82) is 5.26 Å². The van der Waals surface area contributed by atoms with Crippen molar-refractivity contribution in [3.8, 4) is 22.9 Å². The number of aliphatic carboxylic acids is 1. The highest BCUT2D eigenvalue weighted by Crippen LogP contribution is 2.34. The number of nitriles is 1. The predicted octanol–water partition coefficient (Wildman–Crippen LogP) is 4.47. The van der Waals surface area contributed by atoms with Crippen LogP contribution in [0.3, 0.4) is 0 Å². The maximum Gasteiger partial charge on any atom is 0.341 e. The molecule has 0 atom stereocenters. The fourth-order valence-electron chi connectivity index (χ4n) is 3.09. The van der Waals surface area contributed by atoms with Gasteiger partial charge in [0, 0.05) is 23.5 Å². The summed E-state index contributed by atoms with van der Waals surface area (Å²) in [6, 6.07) is 16.8. The van der Waals surface area contributed by atoms with Gasteiger partial charge in [0.1, 0.15) is 17.4 Å². The Hall–Kier alpha value is -3.45. The number of carboxylic acid groups (broad SMARTS) is 1. The van der Waals surface area contributed by atoms with Crippen LogP contribution in [0.4, 0.5) is 8.78 Å². The van der Waals surface area contributed by atoms with Crippen LogP contribution < -0.4 is 4.74 Å². The van der Waals surface area contributed by atoms with Crippen molar-refractivity contribution >= 4 is 17.9 Å². The first-order valence-electron chi connectivity index (χ1n) is 9.86. The molecule has 0 unspecified atom stereocenters. The van der Waals surface area contributed by atoms with E-state index >= 15 is 0 Å². The summed E-state index contributed by atoms with van der Waals surface area (Å²) in [5.74, 6) is -1.88. The molecule has 0 fully saturated rings. The first-order chi connectivity index (χ1) is 15.9. The smallest absolute Gasteiger partial charge is 0.341 e. The molecule has 0 saturated heterocycles. The Labute approximate surface area is 193 Å². The number of benzene rings is 3. The van der Waals surface area contributed by atoms with E-state index in [1.165, 1.54) is 36.2 Å². The second kappa shape index (κ2) is 11.4. The molecule has 0 radical (unpaired) electrons. The lowest BCUT2D eigenvalue weighted by molar-refractivity contribution is -0.139. The SMILES string of the molecule is N#Cc1cc(F)cc(-c2cc(CN(CCO)Sc3ccc(F)cc3)ccc2OCC(=O)O)c1. The molecule has 0 aromatic heterocycles. The molecule has 0 aliphatic carbocycles. The third kappa shape index (κ3) is 7.02.